The number of carbonyl (C=O) groups is 1. The van der Waals surface area contributed by atoms with E-state index in [4.69, 9.17) is 14.8 Å². The van der Waals surface area contributed by atoms with Crippen molar-refractivity contribution in [1.82, 2.24) is 55.0 Å². The summed E-state index contributed by atoms with van der Waals surface area (Å²) in [6.45, 7) is 11.0. The van der Waals surface area contributed by atoms with E-state index in [1.165, 1.54) is 0 Å². The zero-order chi connectivity index (χ0) is 38.4. The highest BCUT2D eigenvalue weighted by molar-refractivity contribution is 5.94. The Bertz CT molecular complexity index is 2370. The third-order valence-electron chi connectivity index (χ3n) is 10.9. The first-order valence-corrected chi connectivity index (χ1v) is 19.5. The predicted octanol–water partition coefficient (Wildman–Crippen LogP) is 5.82. The minimum atomic E-state index is -0.0275. The number of hydrogen-bond acceptors (Lipinski definition) is 12. The number of piperidine rings is 2. The highest BCUT2D eigenvalue weighted by atomic mass is 16.5. The molecule has 0 aliphatic carbocycles. The van der Waals surface area contributed by atoms with Gasteiger partial charge in [-0.15, -0.1) is 0 Å². The smallest absolute Gasteiger partial charge is 0.291 e. The third kappa shape index (κ3) is 8.80. The van der Waals surface area contributed by atoms with Crippen molar-refractivity contribution in [1.29, 1.82) is 0 Å². The molecule has 6 heterocycles. The minimum absolute atomic E-state index is 0. The summed E-state index contributed by atoms with van der Waals surface area (Å²) in [4.78, 5) is 26.2. The summed E-state index contributed by atoms with van der Waals surface area (Å²) < 4.78 is 14.7. The van der Waals surface area contributed by atoms with E-state index in [9.17, 15) is 4.79 Å². The number of benzene rings is 3. The molecule has 4 aromatic heterocycles. The van der Waals surface area contributed by atoms with Crippen LogP contribution in [0.3, 0.4) is 0 Å². The second-order valence-electron chi connectivity index (χ2n) is 14.5. The SMILES string of the molecule is C.Cc1nn(-c2noc(C3CCN(CCN)CC3)n2)c2ccccc12.Cc1nn(-c2noc(C3CCN(CCNC(=O)c4ccccc4)CC3)n2)c2ccccc12. The van der Waals surface area contributed by atoms with Crippen LogP contribution in [0.15, 0.2) is 87.9 Å². The van der Waals surface area contributed by atoms with Crippen molar-refractivity contribution in [2.75, 3.05) is 52.4 Å². The van der Waals surface area contributed by atoms with Gasteiger partial charge in [0.25, 0.3) is 17.8 Å². The molecule has 0 bridgehead atoms. The van der Waals surface area contributed by atoms with Crippen LogP contribution in [0.25, 0.3) is 33.7 Å². The van der Waals surface area contributed by atoms with Gasteiger partial charge in [0.2, 0.25) is 11.8 Å². The number of rotatable bonds is 10. The van der Waals surface area contributed by atoms with Crippen molar-refractivity contribution in [3.63, 3.8) is 0 Å². The molecule has 2 fully saturated rings. The molecule has 0 radical (unpaired) electrons. The maximum absolute atomic E-state index is 12.2. The lowest BCUT2D eigenvalue weighted by Crippen LogP contribution is -2.39. The predicted molar refractivity (Wildman–Crippen MR) is 219 cm³/mol. The minimum Gasteiger partial charge on any atom is -0.351 e. The van der Waals surface area contributed by atoms with Gasteiger partial charge >= 0.3 is 0 Å². The van der Waals surface area contributed by atoms with E-state index in [2.05, 4.69) is 51.7 Å². The fraction of sp³-hybridized carbons (Fsp3) is 0.405. The first-order valence-electron chi connectivity index (χ1n) is 19.5. The van der Waals surface area contributed by atoms with E-state index < -0.39 is 0 Å². The fourth-order valence-corrected chi connectivity index (χ4v) is 7.72. The molecule has 0 saturated carbocycles. The Labute approximate surface area is 332 Å². The van der Waals surface area contributed by atoms with Gasteiger partial charge in [-0.25, -0.2) is 0 Å². The standard InChI is InChI=1S/C24H26N6O2.C17H22N6O.CH4/c1-17-20-9-5-6-10-21(20)30(27-17)24-26-23(32-28-24)19-11-14-29(15-12-19)16-13-25-22(31)18-7-3-2-4-8-18;1-12-14-4-2-3-5-15(14)23(20-12)17-19-16(24-21-17)13-6-9-22(10-7-13)11-8-18;/h2-10,19H,11-16H2,1H3,(H,25,31);2-5,13H,6-11,18H2,1H3;1H4. The second-order valence-corrected chi connectivity index (χ2v) is 14.5. The molecule has 0 unspecified atom stereocenters. The van der Waals surface area contributed by atoms with Crippen molar-refractivity contribution in [2.45, 2.75) is 58.8 Å². The van der Waals surface area contributed by atoms with Crippen LogP contribution in [0, 0.1) is 13.8 Å². The summed E-state index contributed by atoms with van der Waals surface area (Å²) in [5.41, 5.74) is 10.2. The lowest BCUT2D eigenvalue weighted by atomic mass is 9.97. The van der Waals surface area contributed by atoms with Crippen LogP contribution in [-0.2, 0) is 0 Å². The Morgan fingerprint density at radius 1 is 0.684 bits per heavy atom. The number of hydrogen-bond donors (Lipinski definition) is 2. The van der Waals surface area contributed by atoms with Gasteiger partial charge in [0, 0.05) is 54.4 Å². The molecule has 2 aliphatic rings. The first kappa shape index (κ1) is 39.5. The fourth-order valence-electron chi connectivity index (χ4n) is 7.72. The molecule has 57 heavy (non-hydrogen) atoms. The molecular weight excluding hydrogens is 721 g/mol. The van der Waals surface area contributed by atoms with Gasteiger partial charge in [-0.2, -0.15) is 29.5 Å². The molecule has 1 amide bonds. The average molecular weight is 773 g/mol. The van der Waals surface area contributed by atoms with Gasteiger partial charge in [-0.05, 0) is 100 Å². The maximum atomic E-state index is 12.2. The highest BCUT2D eigenvalue weighted by Crippen LogP contribution is 2.29. The van der Waals surface area contributed by atoms with Crippen molar-refractivity contribution < 1.29 is 13.8 Å². The highest BCUT2D eigenvalue weighted by Gasteiger charge is 2.27. The van der Waals surface area contributed by atoms with Crippen LogP contribution < -0.4 is 11.1 Å². The first-order chi connectivity index (χ1) is 27.4. The van der Waals surface area contributed by atoms with E-state index >= 15 is 0 Å². The van der Waals surface area contributed by atoms with Crippen LogP contribution in [-0.4, -0.2) is 108 Å². The van der Waals surface area contributed by atoms with Gasteiger partial charge in [0.1, 0.15) is 0 Å². The zero-order valence-electron chi connectivity index (χ0n) is 31.9. The van der Waals surface area contributed by atoms with Crippen molar-refractivity contribution >= 4 is 27.7 Å². The monoisotopic (exact) mass is 772 g/mol. The number of carbonyl (C=O) groups excluding carboxylic acids is 1. The van der Waals surface area contributed by atoms with E-state index in [1.54, 1.807) is 9.36 Å². The molecule has 298 valence electrons. The lowest BCUT2D eigenvalue weighted by Gasteiger charge is -2.30. The molecule has 3 aromatic carbocycles. The molecule has 0 atom stereocenters. The van der Waals surface area contributed by atoms with E-state index in [1.807, 2.05) is 86.6 Å². The van der Waals surface area contributed by atoms with Gasteiger partial charge in [-0.1, -0.05) is 62.0 Å². The molecular formula is C42H52N12O3. The van der Waals surface area contributed by atoms with Crippen molar-refractivity contribution in [3.05, 3.63) is 108 Å². The van der Waals surface area contributed by atoms with Crippen LogP contribution >= 0.6 is 0 Å². The molecule has 9 rings (SSSR count). The van der Waals surface area contributed by atoms with E-state index in [-0.39, 0.29) is 19.3 Å². The number of nitrogens with two attached hydrogens (primary N) is 1. The Hall–Kier alpha value is -5.77. The van der Waals surface area contributed by atoms with E-state index in [0.717, 1.165) is 104 Å². The van der Waals surface area contributed by atoms with Gasteiger partial charge in [0.05, 0.1) is 22.4 Å². The quantitative estimate of drug-likeness (QED) is 0.171. The van der Waals surface area contributed by atoms with E-state index in [0.29, 0.717) is 42.4 Å². The number of aromatic nitrogens is 8. The largest absolute Gasteiger partial charge is 0.351 e. The van der Waals surface area contributed by atoms with Gasteiger partial charge in [0.15, 0.2) is 0 Å². The van der Waals surface area contributed by atoms with Crippen molar-refractivity contribution in [3.8, 4) is 11.9 Å². The third-order valence-corrected chi connectivity index (χ3v) is 10.9. The zero-order valence-corrected chi connectivity index (χ0v) is 31.9. The van der Waals surface area contributed by atoms with Crippen LogP contribution in [0.2, 0.25) is 0 Å². The summed E-state index contributed by atoms with van der Waals surface area (Å²) >= 11 is 0. The van der Waals surface area contributed by atoms with Gasteiger partial charge < -0.3 is 29.9 Å². The Kier molecular flexibility index (Phi) is 12.5. The molecule has 15 heteroatoms. The van der Waals surface area contributed by atoms with Gasteiger partial charge in [-0.3, -0.25) is 4.79 Å². The Balaban J connectivity index is 0.000000178. The van der Waals surface area contributed by atoms with Crippen LogP contribution in [0.5, 0.6) is 0 Å². The summed E-state index contributed by atoms with van der Waals surface area (Å²) in [5.74, 6) is 2.93. The molecule has 3 N–H and O–H groups in total. The number of likely N-dealkylation sites (tertiary alicyclic amines) is 2. The number of amides is 1. The number of nitrogens with one attached hydrogen (secondary N) is 1. The number of aryl methyl sites for hydroxylation is 2. The molecule has 7 aromatic rings. The average Bonchev–Trinajstić information content (AvgIpc) is 4.06. The number of nitrogens with zero attached hydrogens (tertiary/aromatic N) is 10. The summed E-state index contributed by atoms with van der Waals surface area (Å²) in [6, 6.07) is 25.4. The Morgan fingerprint density at radius 3 is 1.63 bits per heavy atom. The summed E-state index contributed by atoms with van der Waals surface area (Å²) in [5, 5.41) is 22.7. The Morgan fingerprint density at radius 2 is 1.14 bits per heavy atom. The lowest BCUT2D eigenvalue weighted by molar-refractivity contribution is 0.0945. The van der Waals surface area contributed by atoms with Crippen LogP contribution in [0.4, 0.5) is 0 Å². The summed E-state index contributed by atoms with van der Waals surface area (Å²) in [7, 11) is 0. The molecule has 0 spiro atoms. The summed E-state index contributed by atoms with van der Waals surface area (Å²) in [6.07, 6.45) is 3.96. The van der Waals surface area contributed by atoms with Crippen molar-refractivity contribution in [2.24, 2.45) is 5.73 Å². The number of para-hydroxylation sites is 2. The normalized spacial score (nSPS) is 15.7. The molecule has 2 saturated heterocycles. The second kappa shape index (κ2) is 18.0. The maximum Gasteiger partial charge on any atom is 0.291 e. The topological polar surface area (TPSA) is 175 Å². The molecule has 15 nitrogen and oxygen atoms in total. The molecule has 2 aliphatic heterocycles. The number of fused-ring (bicyclic) bond motifs is 2. The van der Waals surface area contributed by atoms with Crippen LogP contribution in [0.1, 0.15) is 78.5 Å².